The van der Waals surface area contributed by atoms with Gasteiger partial charge in [-0.2, -0.15) is 5.10 Å². The lowest BCUT2D eigenvalue weighted by atomic mass is 9.92. The molecule has 0 aliphatic carbocycles. The molecule has 14 heavy (non-hydrogen) atoms. The zero-order chi connectivity index (χ0) is 10.9. The van der Waals surface area contributed by atoms with Gasteiger partial charge in [0.25, 0.3) is 0 Å². The number of thiocarbonyl (C=S) groups is 1. The van der Waals surface area contributed by atoms with Crippen molar-refractivity contribution in [3.05, 3.63) is 17.5 Å². The van der Waals surface area contributed by atoms with Crippen molar-refractivity contribution < 1.29 is 0 Å². The van der Waals surface area contributed by atoms with Crippen LogP contribution in [0.25, 0.3) is 0 Å². The van der Waals surface area contributed by atoms with E-state index in [1.807, 2.05) is 11.7 Å². The summed E-state index contributed by atoms with van der Waals surface area (Å²) >= 11 is 4.88. The van der Waals surface area contributed by atoms with E-state index < -0.39 is 0 Å². The van der Waals surface area contributed by atoms with Crippen molar-refractivity contribution in [3.63, 3.8) is 0 Å². The third-order valence-corrected chi connectivity index (χ3v) is 2.24. The molecule has 0 bridgehead atoms. The second-order valence-corrected chi connectivity index (χ2v) is 5.06. The molecule has 1 heterocycles. The Morgan fingerprint density at radius 3 is 2.50 bits per heavy atom. The monoisotopic (exact) mass is 211 g/mol. The van der Waals surface area contributed by atoms with E-state index in [9.17, 15) is 0 Å². The van der Waals surface area contributed by atoms with Crippen LogP contribution in [0, 0.1) is 0 Å². The van der Waals surface area contributed by atoms with Gasteiger partial charge in [0.2, 0.25) is 0 Å². The molecule has 0 saturated heterocycles. The lowest BCUT2D eigenvalue weighted by molar-refractivity contribution is 0.552. The first-order valence-electron chi connectivity index (χ1n) is 4.62. The lowest BCUT2D eigenvalue weighted by Crippen LogP contribution is -2.13. The van der Waals surface area contributed by atoms with Gasteiger partial charge in [0.1, 0.15) is 0 Å². The molecule has 1 rings (SSSR count). The fourth-order valence-corrected chi connectivity index (χ4v) is 1.36. The van der Waals surface area contributed by atoms with Crippen LogP contribution >= 0.6 is 12.2 Å². The van der Waals surface area contributed by atoms with Crippen LogP contribution in [-0.2, 0) is 18.9 Å². The average Bonchev–Trinajstić information content (AvgIpc) is 2.30. The summed E-state index contributed by atoms with van der Waals surface area (Å²) < 4.78 is 1.85. The molecular weight excluding hydrogens is 194 g/mol. The molecule has 78 valence electrons. The SMILES string of the molecule is Cn1nc(C(C)(C)C)cc1CC(N)=S. The fraction of sp³-hybridized carbons (Fsp3) is 0.600. The van der Waals surface area contributed by atoms with Crippen molar-refractivity contribution in [2.45, 2.75) is 32.6 Å². The predicted molar refractivity (Wildman–Crippen MR) is 62.4 cm³/mol. The van der Waals surface area contributed by atoms with Gasteiger partial charge in [0, 0.05) is 24.6 Å². The van der Waals surface area contributed by atoms with Crippen LogP contribution < -0.4 is 5.73 Å². The van der Waals surface area contributed by atoms with Crippen molar-refractivity contribution in [3.8, 4) is 0 Å². The highest BCUT2D eigenvalue weighted by Gasteiger charge is 2.18. The van der Waals surface area contributed by atoms with Gasteiger partial charge in [0.15, 0.2) is 0 Å². The van der Waals surface area contributed by atoms with Crippen molar-refractivity contribution in [2.24, 2.45) is 12.8 Å². The Kier molecular flexibility index (Phi) is 2.95. The molecule has 0 spiro atoms. The Morgan fingerprint density at radius 1 is 1.57 bits per heavy atom. The van der Waals surface area contributed by atoms with Crippen LogP contribution in [0.15, 0.2) is 6.07 Å². The summed E-state index contributed by atoms with van der Waals surface area (Å²) in [7, 11) is 1.92. The van der Waals surface area contributed by atoms with E-state index in [-0.39, 0.29) is 5.41 Å². The first-order valence-corrected chi connectivity index (χ1v) is 5.03. The highest BCUT2D eigenvalue weighted by atomic mass is 32.1. The number of rotatable bonds is 2. The fourth-order valence-electron chi connectivity index (χ4n) is 1.22. The van der Waals surface area contributed by atoms with E-state index in [1.165, 1.54) is 0 Å². The van der Waals surface area contributed by atoms with Crippen molar-refractivity contribution >= 4 is 17.2 Å². The van der Waals surface area contributed by atoms with E-state index in [0.29, 0.717) is 11.4 Å². The molecule has 0 saturated carbocycles. The summed E-state index contributed by atoms with van der Waals surface area (Å²) in [6.45, 7) is 6.42. The molecule has 0 aliphatic rings. The molecule has 3 nitrogen and oxygen atoms in total. The summed E-state index contributed by atoms with van der Waals surface area (Å²) in [5, 5.41) is 4.44. The van der Waals surface area contributed by atoms with Gasteiger partial charge in [-0.3, -0.25) is 4.68 Å². The summed E-state index contributed by atoms with van der Waals surface area (Å²) in [5.41, 5.74) is 7.72. The van der Waals surface area contributed by atoms with Crippen molar-refractivity contribution in [2.75, 3.05) is 0 Å². The smallest absolute Gasteiger partial charge is 0.0787 e. The Hall–Kier alpha value is -0.900. The van der Waals surface area contributed by atoms with Gasteiger partial charge in [-0.15, -0.1) is 0 Å². The number of nitrogens with zero attached hydrogens (tertiary/aromatic N) is 2. The number of hydrogen-bond donors (Lipinski definition) is 1. The van der Waals surface area contributed by atoms with Gasteiger partial charge >= 0.3 is 0 Å². The average molecular weight is 211 g/mol. The molecule has 1 aromatic heterocycles. The maximum Gasteiger partial charge on any atom is 0.0787 e. The van der Waals surface area contributed by atoms with Crippen molar-refractivity contribution in [1.29, 1.82) is 0 Å². The Bertz CT molecular complexity index is 347. The van der Waals surface area contributed by atoms with Crippen LogP contribution in [0.2, 0.25) is 0 Å². The molecule has 4 heteroatoms. The highest BCUT2D eigenvalue weighted by molar-refractivity contribution is 7.80. The normalized spacial score (nSPS) is 11.7. The molecule has 0 aromatic carbocycles. The highest BCUT2D eigenvalue weighted by Crippen LogP contribution is 2.21. The van der Waals surface area contributed by atoms with E-state index >= 15 is 0 Å². The van der Waals surface area contributed by atoms with Gasteiger partial charge in [-0.05, 0) is 6.07 Å². The lowest BCUT2D eigenvalue weighted by Gasteiger charge is -2.13. The summed E-state index contributed by atoms with van der Waals surface area (Å²) in [4.78, 5) is 0.508. The van der Waals surface area contributed by atoms with E-state index in [1.54, 1.807) is 0 Å². The van der Waals surface area contributed by atoms with Crippen LogP contribution in [-0.4, -0.2) is 14.8 Å². The van der Waals surface area contributed by atoms with Gasteiger partial charge < -0.3 is 5.73 Å². The van der Waals surface area contributed by atoms with E-state index in [0.717, 1.165) is 11.4 Å². The minimum absolute atomic E-state index is 0.0756. The second kappa shape index (κ2) is 3.69. The first-order chi connectivity index (χ1) is 6.30. The molecule has 0 unspecified atom stereocenters. The van der Waals surface area contributed by atoms with E-state index in [4.69, 9.17) is 18.0 Å². The molecule has 1 aromatic rings. The summed E-state index contributed by atoms with van der Waals surface area (Å²) in [5.74, 6) is 0. The predicted octanol–water partition coefficient (Wildman–Crippen LogP) is 1.55. The maximum absolute atomic E-state index is 5.50. The topological polar surface area (TPSA) is 43.8 Å². The van der Waals surface area contributed by atoms with Crippen molar-refractivity contribution in [1.82, 2.24) is 9.78 Å². The number of aromatic nitrogens is 2. The minimum atomic E-state index is 0.0756. The van der Waals surface area contributed by atoms with Crippen LogP contribution in [0.4, 0.5) is 0 Å². The zero-order valence-electron chi connectivity index (χ0n) is 9.16. The standard InChI is InChI=1S/C10H17N3S/c1-10(2,3)8-5-7(6-9(11)14)13(4)12-8/h5H,6H2,1-4H3,(H2,11,14). The Balaban J connectivity index is 2.99. The molecule has 0 radical (unpaired) electrons. The largest absolute Gasteiger partial charge is 0.393 e. The number of hydrogen-bond acceptors (Lipinski definition) is 2. The van der Waals surface area contributed by atoms with Crippen LogP contribution in [0.3, 0.4) is 0 Å². The molecule has 0 aliphatic heterocycles. The molecule has 0 fully saturated rings. The third-order valence-electron chi connectivity index (χ3n) is 2.10. The number of aryl methyl sites for hydroxylation is 1. The first kappa shape index (κ1) is 11.2. The third kappa shape index (κ3) is 2.54. The van der Waals surface area contributed by atoms with Crippen LogP contribution in [0.5, 0.6) is 0 Å². The van der Waals surface area contributed by atoms with Gasteiger partial charge in [-0.1, -0.05) is 33.0 Å². The zero-order valence-corrected chi connectivity index (χ0v) is 9.98. The molecular formula is C10H17N3S. The Morgan fingerprint density at radius 2 is 2.14 bits per heavy atom. The number of nitrogens with two attached hydrogens (primary N) is 1. The molecule has 0 amide bonds. The van der Waals surface area contributed by atoms with Gasteiger partial charge in [-0.25, -0.2) is 0 Å². The van der Waals surface area contributed by atoms with Gasteiger partial charge in [0.05, 0.1) is 10.7 Å². The maximum atomic E-state index is 5.50. The summed E-state index contributed by atoms with van der Waals surface area (Å²) in [6.07, 6.45) is 0.620. The Labute approximate surface area is 90.3 Å². The molecule has 0 atom stereocenters. The van der Waals surface area contributed by atoms with Crippen LogP contribution in [0.1, 0.15) is 32.2 Å². The minimum Gasteiger partial charge on any atom is -0.393 e. The van der Waals surface area contributed by atoms with E-state index in [2.05, 4.69) is 31.9 Å². The quantitative estimate of drug-likeness (QED) is 0.755. The summed E-state index contributed by atoms with van der Waals surface area (Å²) in [6, 6.07) is 2.07. The second-order valence-electron chi connectivity index (χ2n) is 4.54. The molecule has 2 N–H and O–H groups in total.